The van der Waals surface area contributed by atoms with Crippen molar-refractivity contribution < 1.29 is 9.53 Å². The van der Waals surface area contributed by atoms with E-state index in [0.29, 0.717) is 15.8 Å². The fraction of sp³-hybridized carbons (Fsp3) is 0.222. The van der Waals surface area contributed by atoms with Crippen molar-refractivity contribution in [1.29, 1.82) is 0 Å². The highest BCUT2D eigenvalue weighted by Crippen LogP contribution is 2.34. The quantitative estimate of drug-likeness (QED) is 0.492. The van der Waals surface area contributed by atoms with E-state index in [2.05, 4.69) is 18.3 Å². The van der Waals surface area contributed by atoms with Gasteiger partial charge in [0.2, 0.25) is 0 Å². The Kier molecular flexibility index (Phi) is 4.98. The summed E-state index contributed by atoms with van der Waals surface area (Å²) in [6.07, 6.45) is 3.96. The lowest BCUT2D eigenvalue weighted by molar-refractivity contribution is -0.115. The summed E-state index contributed by atoms with van der Waals surface area (Å²) in [4.78, 5) is 12.6. The van der Waals surface area contributed by atoms with E-state index in [9.17, 15) is 4.79 Å². The highest BCUT2D eigenvalue weighted by molar-refractivity contribution is 8.26. The van der Waals surface area contributed by atoms with Crippen LogP contribution in [-0.2, 0) is 4.79 Å². The van der Waals surface area contributed by atoms with Gasteiger partial charge in [-0.15, -0.1) is 0 Å². The minimum absolute atomic E-state index is 0.146. The normalized spacial score (nSPS) is 16.1. The van der Waals surface area contributed by atoms with Gasteiger partial charge in [0.25, 0.3) is 5.91 Å². The van der Waals surface area contributed by atoms with Crippen molar-refractivity contribution in [3.8, 4) is 5.75 Å². The Morgan fingerprint density at radius 2 is 2.09 bits per heavy atom. The second-order valence-electron chi connectivity index (χ2n) is 5.25. The second kappa shape index (κ2) is 7.15. The van der Waals surface area contributed by atoms with Crippen LogP contribution in [0, 0.1) is 0 Å². The number of hydrogen-bond acceptors (Lipinski definition) is 4. The molecule has 0 bridgehead atoms. The number of thioether (sulfide) groups is 1. The number of thiocarbonyl (C=S) groups is 1. The molecule has 1 saturated heterocycles. The lowest BCUT2D eigenvalue weighted by Gasteiger charge is -2.12. The zero-order chi connectivity index (χ0) is 16.2. The number of fused-ring (bicyclic) bond motifs is 1. The number of carbonyl (C=O) groups is 1. The highest BCUT2D eigenvalue weighted by atomic mass is 32.2. The van der Waals surface area contributed by atoms with Crippen LogP contribution in [0.5, 0.6) is 5.75 Å². The monoisotopic (exact) mass is 343 g/mol. The highest BCUT2D eigenvalue weighted by Gasteiger charge is 2.23. The van der Waals surface area contributed by atoms with Crippen LogP contribution in [0.2, 0.25) is 0 Å². The van der Waals surface area contributed by atoms with Gasteiger partial charge in [0, 0.05) is 5.56 Å². The van der Waals surface area contributed by atoms with Crippen molar-refractivity contribution in [3.63, 3.8) is 0 Å². The third-order valence-corrected chi connectivity index (χ3v) is 4.77. The van der Waals surface area contributed by atoms with Crippen molar-refractivity contribution >= 4 is 51.1 Å². The number of rotatable bonds is 5. The molecule has 0 spiro atoms. The molecule has 0 radical (unpaired) electrons. The molecule has 118 valence electrons. The molecule has 0 aliphatic carbocycles. The molecule has 1 aliphatic rings. The standard InChI is InChI=1S/C18H17NO2S2/c1-2-3-10-21-15-9-8-12-6-4-5-7-13(12)14(15)11-16-17(20)19-18(22)23-16/h4-9,11H,2-3,10H2,1H3,(H,19,20,22)/b16-11+. The number of ether oxygens (including phenoxy) is 1. The zero-order valence-electron chi connectivity index (χ0n) is 12.8. The smallest absolute Gasteiger partial charge is 0.263 e. The molecule has 1 fully saturated rings. The molecule has 2 aromatic rings. The average Bonchev–Trinajstić information content (AvgIpc) is 2.87. The Bertz CT molecular complexity index is 799. The Morgan fingerprint density at radius 3 is 2.83 bits per heavy atom. The van der Waals surface area contributed by atoms with Gasteiger partial charge in [-0.3, -0.25) is 4.79 Å². The lowest BCUT2D eigenvalue weighted by Crippen LogP contribution is -2.17. The van der Waals surface area contributed by atoms with E-state index in [1.54, 1.807) is 0 Å². The van der Waals surface area contributed by atoms with Gasteiger partial charge in [0.05, 0.1) is 11.5 Å². The molecule has 5 heteroatoms. The minimum atomic E-state index is -0.146. The van der Waals surface area contributed by atoms with Gasteiger partial charge in [-0.1, -0.05) is 67.7 Å². The largest absolute Gasteiger partial charge is 0.493 e. The van der Waals surface area contributed by atoms with E-state index in [1.807, 2.05) is 36.4 Å². The molecular formula is C18H17NO2S2. The van der Waals surface area contributed by atoms with E-state index in [0.717, 1.165) is 34.9 Å². The molecule has 1 amide bonds. The van der Waals surface area contributed by atoms with Gasteiger partial charge in [0.15, 0.2) is 0 Å². The summed E-state index contributed by atoms with van der Waals surface area (Å²) in [6, 6.07) is 12.1. The van der Waals surface area contributed by atoms with Gasteiger partial charge in [-0.2, -0.15) is 0 Å². The van der Waals surface area contributed by atoms with Crippen LogP contribution < -0.4 is 10.1 Å². The Labute approximate surface area is 145 Å². The molecule has 0 unspecified atom stereocenters. The van der Waals surface area contributed by atoms with Gasteiger partial charge < -0.3 is 10.1 Å². The molecular weight excluding hydrogens is 326 g/mol. The zero-order valence-corrected chi connectivity index (χ0v) is 14.4. The summed E-state index contributed by atoms with van der Waals surface area (Å²) in [7, 11) is 0. The maximum absolute atomic E-state index is 12.0. The second-order valence-corrected chi connectivity index (χ2v) is 6.97. The van der Waals surface area contributed by atoms with Crippen LogP contribution in [-0.4, -0.2) is 16.8 Å². The van der Waals surface area contributed by atoms with Crippen LogP contribution >= 0.6 is 24.0 Å². The number of carbonyl (C=O) groups excluding carboxylic acids is 1. The van der Waals surface area contributed by atoms with Crippen molar-refractivity contribution in [2.24, 2.45) is 0 Å². The molecule has 3 rings (SSSR count). The Hall–Kier alpha value is -1.85. The summed E-state index contributed by atoms with van der Waals surface area (Å²) in [6.45, 7) is 2.80. The summed E-state index contributed by atoms with van der Waals surface area (Å²) >= 11 is 6.35. The predicted molar refractivity (Wildman–Crippen MR) is 101 cm³/mol. The Balaban J connectivity index is 2.07. The molecule has 0 atom stereocenters. The first-order valence-corrected chi connectivity index (χ1v) is 8.81. The first-order valence-electron chi connectivity index (χ1n) is 7.58. The predicted octanol–water partition coefficient (Wildman–Crippen LogP) is 4.51. The number of hydrogen-bond donors (Lipinski definition) is 1. The number of unbranched alkanes of at least 4 members (excludes halogenated alkanes) is 1. The molecule has 23 heavy (non-hydrogen) atoms. The third kappa shape index (κ3) is 3.57. The van der Waals surface area contributed by atoms with E-state index in [-0.39, 0.29) is 5.91 Å². The van der Waals surface area contributed by atoms with Crippen LogP contribution in [0.15, 0.2) is 41.3 Å². The van der Waals surface area contributed by atoms with Gasteiger partial charge >= 0.3 is 0 Å². The molecule has 2 aromatic carbocycles. The number of benzene rings is 2. The van der Waals surface area contributed by atoms with Crippen molar-refractivity contribution in [2.75, 3.05) is 6.61 Å². The fourth-order valence-corrected chi connectivity index (χ4v) is 3.45. The summed E-state index contributed by atoms with van der Waals surface area (Å²) < 4.78 is 6.43. The SMILES string of the molecule is CCCCOc1ccc2ccccc2c1/C=C1/SC(=S)NC1=O. The number of nitrogens with one attached hydrogen (secondary N) is 1. The minimum Gasteiger partial charge on any atom is -0.493 e. The van der Waals surface area contributed by atoms with Crippen LogP contribution in [0.3, 0.4) is 0 Å². The third-order valence-electron chi connectivity index (χ3n) is 3.60. The molecule has 1 N–H and O–H groups in total. The van der Waals surface area contributed by atoms with E-state index >= 15 is 0 Å². The molecule has 3 nitrogen and oxygen atoms in total. The first kappa shape index (κ1) is 16.0. The summed E-state index contributed by atoms with van der Waals surface area (Å²) in [5.41, 5.74) is 0.932. The topological polar surface area (TPSA) is 38.3 Å². The molecule has 1 aliphatic heterocycles. The molecule has 1 heterocycles. The molecule has 0 aromatic heterocycles. The maximum atomic E-state index is 12.0. The van der Waals surface area contributed by atoms with Crippen LogP contribution in [0.25, 0.3) is 16.8 Å². The van der Waals surface area contributed by atoms with E-state index in [4.69, 9.17) is 17.0 Å². The number of amides is 1. The van der Waals surface area contributed by atoms with Gasteiger partial charge in [-0.05, 0) is 29.3 Å². The Morgan fingerprint density at radius 1 is 1.26 bits per heavy atom. The van der Waals surface area contributed by atoms with Crippen molar-refractivity contribution in [3.05, 3.63) is 46.9 Å². The first-order chi connectivity index (χ1) is 11.2. The fourth-order valence-electron chi connectivity index (χ4n) is 2.43. The maximum Gasteiger partial charge on any atom is 0.263 e. The van der Waals surface area contributed by atoms with Crippen LogP contribution in [0.4, 0.5) is 0 Å². The average molecular weight is 343 g/mol. The summed E-state index contributed by atoms with van der Waals surface area (Å²) in [5.74, 6) is 0.656. The van der Waals surface area contributed by atoms with E-state index < -0.39 is 0 Å². The van der Waals surface area contributed by atoms with Crippen LogP contribution in [0.1, 0.15) is 25.3 Å². The molecule has 0 saturated carbocycles. The van der Waals surface area contributed by atoms with Gasteiger partial charge in [0.1, 0.15) is 10.1 Å². The van der Waals surface area contributed by atoms with E-state index in [1.165, 1.54) is 11.8 Å². The summed E-state index contributed by atoms with van der Waals surface area (Å²) in [5, 5.41) is 4.84. The lowest BCUT2D eigenvalue weighted by atomic mass is 10.0. The van der Waals surface area contributed by atoms with Gasteiger partial charge in [-0.25, -0.2) is 0 Å². The van der Waals surface area contributed by atoms with Crippen molar-refractivity contribution in [2.45, 2.75) is 19.8 Å². The van der Waals surface area contributed by atoms with Crippen molar-refractivity contribution in [1.82, 2.24) is 5.32 Å².